The smallest absolute Gasteiger partial charge is 0.317 e. The van der Waals surface area contributed by atoms with E-state index in [1.807, 2.05) is 23.1 Å². The summed E-state index contributed by atoms with van der Waals surface area (Å²) < 4.78 is 5.91. The molecule has 148 valence electrons. The number of nitrogens with zero attached hydrogens (tertiary/aromatic N) is 1. The van der Waals surface area contributed by atoms with Gasteiger partial charge < -0.3 is 15.2 Å². The number of carbonyl (C=O) groups is 2. The van der Waals surface area contributed by atoms with Crippen molar-refractivity contribution in [2.75, 3.05) is 32.8 Å². The number of amides is 1. The number of hydrogen-bond acceptors (Lipinski definition) is 4. The zero-order valence-electron chi connectivity index (χ0n) is 15.9. The predicted octanol–water partition coefficient (Wildman–Crippen LogP) is 2.46. The summed E-state index contributed by atoms with van der Waals surface area (Å²) in [6.07, 6.45) is 6.08. The summed E-state index contributed by atoms with van der Waals surface area (Å²) in [6.45, 7) is 2.61. The second-order valence-corrected chi connectivity index (χ2v) is 7.72. The molecule has 2 N–H and O–H groups in total. The van der Waals surface area contributed by atoms with Gasteiger partial charge in [-0.3, -0.25) is 14.5 Å². The van der Waals surface area contributed by atoms with Gasteiger partial charge in [-0.25, -0.2) is 0 Å². The summed E-state index contributed by atoms with van der Waals surface area (Å²) in [5.74, 6) is 0.290. The lowest BCUT2D eigenvalue weighted by Gasteiger charge is -2.40. The van der Waals surface area contributed by atoms with Gasteiger partial charge in [0.15, 0.2) is 0 Å². The third-order valence-corrected chi connectivity index (χ3v) is 5.84. The summed E-state index contributed by atoms with van der Waals surface area (Å²) in [5.41, 5.74) is 0.880. The van der Waals surface area contributed by atoms with Crippen molar-refractivity contribution in [3.05, 3.63) is 29.8 Å². The first-order chi connectivity index (χ1) is 13.1. The molecule has 0 radical (unpaired) electrons. The fourth-order valence-electron chi connectivity index (χ4n) is 4.19. The van der Waals surface area contributed by atoms with E-state index >= 15 is 0 Å². The van der Waals surface area contributed by atoms with E-state index in [0.29, 0.717) is 26.2 Å². The Labute approximate surface area is 160 Å². The van der Waals surface area contributed by atoms with Crippen LogP contribution in [0.25, 0.3) is 0 Å². The molecule has 0 saturated carbocycles. The van der Waals surface area contributed by atoms with Gasteiger partial charge in [0.1, 0.15) is 5.75 Å². The number of carboxylic acid groups (broad SMARTS) is 1. The van der Waals surface area contributed by atoms with Crippen molar-refractivity contribution in [1.82, 2.24) is 10.2 Å². The van der Waals surface area contributed by atoms with Gasteiger partial charge in [0.05, 0.1) is 18.6 Å². The highest BCUT2D eigenvalue weighted by atomic mass is 16.5. The lowest BCUT2D eigenvalue weighted by atomic mass is 9.73. The number of aryl methyl sites for hydroxylation is 1. The predicted molar refractivity (Wildman–Crippen MR) is 103 cm³/mol. The van der Waals surface area contributed by atoms with Crippen molar-refractivity contribution >= 4 is 11.9 Å². The molecule has 0 aliphatic carbocycles. The zero-order valence-corrected chi connectivity index (χ0v) is 15.9. The van der Waals surface area contributed by atoms with Crippen molar-refractivity contribution in [3.63, 3.8) is 0 Å². The van der Waals surface area contributed by atoms with E-state index in [-0.39, 0.29) is 17.9 Å². The molecule has 2 heterocycles. The van der Waals surface area contributed by atoms with E-state index in [0.717, 1.165) is 50.7 Å². The number of likely N-dealkylation sites (tertiary alicyclic amines) is 1. The highest BCUT2D eigenvalue weighted by Gasteiger charge is 2.40. The lowest BCUT2D eigenvalue weighted by Crippen LogP contribution is -2.50. The number of piperidine rings is 1. The average Bonchev–Trinajstić information content (AvgIpc) is 2.67. The third-order valence-electron chi connectivity index (χ3n) is 5.84. The molecule has 0 atom stereocenters. The topological polar surface area (TPSA) is 78.9 Å². The number of benzene rings is 1. The van der Waals surface area contributed by atoms with Crippen LogP contribution in [0.4, 0.5) is 0 Å². The van der Waals surface area contributed by atoms with Crippen LogP contribution in [0.2, 0.25) is 0 Å². The molecule has 6 heteroatoms. The third kappa shape index (κ3) is 5.22. The number of fused-ring (bicyclic) bond motifs is 1. The highest BCUT2D eigenvalue weighted by molar-refractivity contribution is 5.82. The van der Waals surface area contributed by atoms with Crippen LogP contribution in [-0.2, 0) is 16.0 Å². The average molecular weight is 374 g/mol. The molecule has 2 aliphatic rings. The van der Waals surface area contributed by atoms with Crippen LogP contribution in [-0.4, -0.2) is 54.7 Å². The summed E-state index contributed by atoms with van der Waals surface area (Å²) >= 11 is 0. The SMILES string of the molecule is O=C(O)CN1CCC2(CCCCc3ccccc3OCCCNC2=O)CC1. The Balaban J connectivity index is 1.65. The summed E-state index contributed by atoms with van der Waals surface area (Å²) in [6, 6.07) is 8.19. The summed E-state index contributed by atoms with van der Waals surface area (Å²) in [5, 5.41) is 12.1. The molecule has 0 unspecified atom stereocenters. The van der Waals surface area contributed by atoms with Crippen LogP contribution >= 0.6 is 0 Å². The van der Waals surface area contributed by atoms with Crippen molar-refractivity contribution in [3.8, 4) is 5.75 Å². The molecule has 0 bridgehead atoms. The van der Waals surface area contributed by atoms with E-state index in [1.54, 1.807) is 0 Å². The number of carboxylic acids is 1. The summed E-state index contributed by atoms with van der Waals surface area (Å²) in [7, 11) is 0. The normalized spacial score (nSPS) is 21.7. The van der Waals surface area contributed by atoms with E-state index in [9.17, 15) is 9.59 Å². The van der Waals surface area contributed by atoms with Gasteiger partial charge in [-0.1, -0.05) is 24.6 Å². The van der Waals surface area contributed by atoms with Gasteiger partial charge >= 0.3 is 5.97 Å². The molecule has 27 heavy (non-hydrogen) atoms. The van der Waals surface area contributed by atoms with Gasteiger partial charge in [-0.05, 0) is 63.2 Å². The molecule has 1 saturated heterocycles. The maximum atomic E-state index is 13.0. The number of para-hydroxylation sites is 1. The number of ether oxygens (including phenoxy) is 1. The van der Waals surface area contributed by atoms with Gasteiger partial charge in [-0.15, -0.1) is 0 Å². The lowest BCUT2D eigenvalue weighted by molar-refractivity contribution is -0.140. The Morgan fingerprint density at radius 1 is 1.15 bits per heavy atom. The number of carbonyl (C=O) groups excluding carboxylic acids is 1. The Bertz CT molecular complexity index is 653. The molecule has 1 fully saturated rings. The zero-order chi connectivity index (χ0) is 19.1. The fourth-order valence-corrected chi connectivity index (χ4v) is 4.19. The van der Waals surface area contributed by atoms with Crippen molar-refractivity contribution in [2.24, 2.45) is 5.41 Å². The first kappa shape index (κ1) is 19.7. The maximum Gasteiger partial charge on any atom is 0.317 e. The van der Waals surface area contributed by atoms with Crippen molar-refractivity contribution in [2.45, 2.75) is 44.9 Å². The fraction of sp³-hybridized carbons (Fsp3) is 0.619. The number of rotatable bonds is 2. The second kappa shape index (κ2) is 9.22. The number of hydrogen-bond donors (Lipinski definition) is 2. The van der Waals surface area contributed by atoms with Crippen LogP contribution in [0, 0.1) is 5.41 Å². The van der Waals surface area contributed by atoms with Crippen molar-refractivity contribution in [1.29, 1.82) is 0 Å². The molecule has 2 aliphatic heterocycles. The minimum absolute atomic E-state index is 0.0613. The molecule has 1 aromatic carbocycles. The van der Waals surface area contributed by atoms with Gasteiger partial charge in [0, 0.05) is 6.54 Å². The van der Waals surface area contributed by atoms with Crippen molar-refractivity contribution < 1.29 is 19.4 Å². The van der Waals surface area contributed by atoms with E-state index in [2.05, 4.69) is 11.4 Å². The first-order valence-electron chi connectivity index (χ1n) is 10.0. The van der Waals surface area contributed by atoms with E-state index < -0.39 is 5.97 Å². The highest BCUT2D eigenvalue weighted by Crippen LogP contribution is 2.37. The molecule has 6 nitrogen and oxygen atoms in total. The quantitative estimate of drug-likeness (QED) is 0.831. The van der Waals surface area contributed by atoms with Crippen LogP contribution < -0.4 is 10.1 Å². The van der Waals surface area contributed by atoms with Crippen LogP contribution in [0.1, 0.15) is 44.1 Å². The Kier molecular flexibility index (Phi) is 6.72. The molecule has 1 spiro atoms. The molecule has 1 aromatic rings. The minimum Gasteiger partial charge on any atom is -0.493 e. The standard InChI is InChI=1S/C21H30N2O4/c24-19(25)16-23-13-10-21(11-14-23)9-4-3-7-17-6-1-2-8-18(17)27-15-5-12-22-20(21)26/h1-2,6,8H,3-5,7,9-16H2,(H,22,26)(H,24,25). The van der Waals surface area contributed by atoms with Gasteiger partial charge in [0.2, 0.25) is 5.91 Å². The van der Waals surface area contributed by atoms with E-state index in [4.69, 9.17) is 9.84 Å². The number of aliphatic carboxylic acids is 1. The van der Waals surface area contributed by atoms with Crippen LogP contribution in [0.5, 0.6) is 5.75 Å². The Hall–Kier alpha value is -2.08. The first-order valence-corrected chi connectivity index (χ1v) is 10.0. The van der Waals surface area contributed by atoms with Crippen LogP contribution in [0.3, 0.4) is 0 Å². The maximum absolute atomic E-state index is 13.0. The Morgan fingerprint density at radius 3 is 2.70 bits per heavy atom. The molecular weight excluding hydrogens is 344 g/mol. The monoisotopic (exact) mass is 374 g/mol. The minimum atomic E-state index is -0.802. The number of nitrogens with one attached hydrogen (secondary N) is 1. The molecule has 0 aromatic heterocycles. The summed E-state index contributed by atoms with van der Waals surface area (Å²) in [4.78, 5) is 25.8. The van der Waals surface area contributed by atoms with E-state index in [1.165, 1.54) is 5.56 Å². The van der Waals surface area contributed by atoms with Gasteiger partial charge in [0.25, 0.3) is 0 Å². The van der Waals surface area contributed by atoms with Gasteiger partial charge in [-0.2, -0.15) is 0 Å². The second-order valence-electron chi connectivity index (χ2n) is 7.72. The molecule has 3 rings (SSSR count). The Morgan fingerprint density at radius 2 is 1.93 bits per heavy atom. The largest absolute Gasteiger partial charge is 0.493 e. The molecule has 1 amide bonds. The van der Waals surface area contributed by atoms with Crippen LogP contribution in [0.15, 0.2) is 24.3 Å². The molecular formula is C21H30N2O4.